The predicted molar refractivity (Wildman–Crippen MR) is 139 cm³/mol. The number of carboxylic acids is 2. The molecule has 0 bridgehead atoms. The Kier molecular flexibility index (Phi) is 9.69. The molecule has 6 nitrogen and oxygen atoms in total. The Balaban J connectivity index is 0.000000203. The maximum absolute atomic E-state index is 11.8. The van der Waals surface area contributed by atoms with Crippen LogP contribution in [0.4, 0.5) is 5.69 Å². The molecule has 3 aromatic rings. The molecule has 0 aromatic heterocycles. The summed E-state index contributed by atoms with van der Waals surface area (Å²) in [6.07, 6.45) is 5.15. The van der Waals surface area contributed by atoms with Crippen LogP contribution in [-0.2, 0) is 16.0 Å². The second-order valence-corrected chi connectivity index (χ2v) is 8.90. The second-order valence-electron chi connectivity index (χ2n) is 7.85. The number of rotatable bonds is 8. The maximum atomic E-state index is 11.8. The van der Waals surface area contributed by atoms with E-state index >= 15 is 0 Å². The molecule has 180 valence electrons. The lowest BCUT2D eigenvalue weighted by Crippen LogP contribution is -2.14. The van der Waals surface area contributed by atoms with E-state index in [4.69, 9.17) is 10.2 Å². The number of benzene rings is 3. The van der Waals surface area contributed by atoms with Crippen molar-refractivity contribution >= 4 is 40.9 Å². The molecule has 0 heterocycles. The second kappa shape index (κ2) is 13.2. The van der Waals surface area contributed by atoms with Gasteiger partial charge in [-0.25, -0.2) is 4.79 Å². The van der Waals surface area contributed by atoms with Gasteiger partial charge < -0.3 is 15.5 Å². The van der Waals surface area contributed by atoms with Gasteiger partial charge in [0.15, 0.2) is 0 Å². The molecule has 35 heavy (non-hydrogen) atoms. The van der Waals surface area contributed by atoms with Crippen molar-refractivity contribution in [3.05, 3.63) is 102 Å². The number of nitrogens with one attached hydrogen (secondary N) is 1. The minimum Gasteiger partial charge on any atom is -0.481 e. The molecule has 7 heteroatoms. The zero-order valence-electron chi connectivity index (χ0n) is 19.1. The highest BCUT2D eigenvalue weighted by atomic mass is 32.2. The Morgan fingerprint density at radius 3 is 2.23 bits per heavy atom. The number of fused-ring (bicyclic) bond motifs is 1. The molecule has 0 aliphatic heterocycles. The predicted octanol–water partition coefficient (Wildman–Crippen LogP) is 6.00. The number of hydrogen-bond acceptors (Lipinski definition) is 4. The fourth-order valence-corrected chi connectivity index (χ4v) is 4.32. The van der Waals surface area contributed by atoms with E-state index in [0.29, 0.717) is 17.9 Å². The first kappa shape index (κ1) is 25.8. The number of carbonyl (C=O) groups is 3. The summed E-state index contributed by atoms with van der Waals surface area (Å²) in [5.74, 6) is -1.52. The van der Waals surface area contributed by atoms with Crippen LogP contribution in [-0.4, -0.2) is 33.8 Å². The molecule has 0 radical (unpaired) electrons. The van der Waals surface area contributed by atoms with Gasteiger partial charge in [0, 0.05) is 17.0 Å². The van der Waals surface area contributed by atoms with E-state index < -0.39 is 11.9 Å². The molecule has 0 spiro atoms. The number of hydrogen-bond donors (Lipinski definition) is 3. The molecule has 0 saturated heterocycles. The first-order valence-corrected chi connectivity index (χ1v) is 12.2. The van der Waals surface area contributed by atoms with Crippen LogP contribution in [0.3, 0.4) is 0 Å². The number of amides is 1. The van der Waals surface area contributed by atoms with Crippen molar-refractivity contribution in [1.29, 1.82) is 0 Å². The number of carbonyl (C=O) groups excluding carboxylic acids is 1. The van der Waals surface area contributed by atoms with Gasteiger partial charge in [-0.1, -0.05) is 48.5 Å². The molecule has 1 aliphatic carbocycles. The van der Waals surface area contributed by atoms with E-state index in [1.54, 1.807) is 12.1 Å². The quantitative estimate of drug-likeness (QED) is 0.336. The minimum atomic E-state index is -0.984. The zero-order chi connectivity index (χ0) is 25.0. The summed E-state index contributed by atoms with van der Waals surface area (Å²) in [5.41, 5.74) is 4.57. The van der Waals surface area contributed by atoms with Crippen LogP contribution in [0.5, 0.6) is 0 Å². The third kappa shape index (κ3) is 8.46. The Labute approximate surface area is 208 Å². The molecular weight excluding hydrogens is 462 g/mol. The highest BCUT2D eigenvalue weighted by Crippen LogP contribution is 2.29. The average Bonchev–Trinajstić information content (AvgIpc) is 2.87. The summed E-state index contributed by atoms with van der Waals surface area (Å²) < 4.78 is 0. The van der Waals surface area contributed by atoms with Gasteiger partial charge in [0.2, 0.25) is 5.91 Å². The summed E-state index contributed by atoms with van der Waals surface area (Å²) >= 11 is 1.45. The van der Waals surface area contributed by atoms with E-state index in [2.05, 4.69) is 23.5 Å². The summed E-state index contributed by atoms with van der Waals surface area (Å²) in [7, 11) is 0. The molecule has 0 saturated carbocycles. The van der Waals surface area contributed by atoms with Gasteiger partial charge in [-0.15, -0.1) is 11.8 Å². The number of aliphatic carboxylic acids is 1. The Morgan fingerprint density at radius 1 is 0.857 bits per heavy atom. The summed E-state index contributed by atoms with van der Waals surface area (Å²) in [6, 6.07) is 24.0. The van der Waals surface area contributed by atoms with Crippen molar-refractivity contribution in [3.63, 3.8) is 0 Å². The topological polar surface area (TPSA) is 104 Å². The molecule has 0 atom stereocenters. The molecule has 1 aliphatic rings. The third-order valence-electron chi connectivity index (χ3n) is 5.30. The first-order chi connectivity index (χ1) is 16.9. The maximum Gasteiger partial charge on any atom is 0.335 e. The molecule has 0 unspecified atom stereocenters. The van der Waals surface area contributed by atoms with E-state index in [1.807, 2.05) is 42.5 Å². The minimum absolute atomic E-state index is 0.123. The number of allylic oxidation sites excluding steroid dienone is 2. The third-order valence-corrected chi connectivity index (χ3v) is 6.32. The van der Waals surface area contributed by atoms with E-state index in [0.717, 1.165) is 17.7 Å². The molecule has 4 rings (SSSR count). The standard InChI is InChI=1S/C15H13NO3S.C13H14O2/c17-14(10-20-13-4-2-1-3-5-13)16-12-8-6-11(7-9-12)15(18)19;14-13(15)9-8-11-6-3-5-10-4-1-2-7-12(10)11/h1-9H,10H2,(H,16,17)(H,18,19);1-2,4,6-7H,3,5,8-9H2,(H,14,15). The van der Waals surface area contributed by atoms with Gasteiger partial charge in [0.25, 0.3) is 0 Å². The van der Waals surface area contributed by atoms with Gasteiger partial charge in [-0.05, 0) is 72.4 Å². The number of thioether (sulfide) groups is 1. The van der Waals surface area contributed by atoms with Crippen molar-refractivity contribution < 1.29 is 24.6 Å². The first-order valence-electron chi connectivity index (χ1n) is 11.2. The van der Waals surface area contributed by atoms with Gasteiger partial charge in [0.1, 0.15) is 0 Å². The molecule has 3 N–H and O–H groups in total. The lowest BCUT2D eigenvalue weighted by Gasteiger charge is -2.16. The highest BCUT2D eigenvalue weighted by Gasteiger charge is 2.12. The summed E-state index contributed by atoms with van der Waals surface area (Å²) in [4.78, 5) is 34.0. The highest BCUT2D eigenvalue weighted by molar-refractivity contribution is 8.00. The van der Waals surface area contributed by atoms with Crippen LogP contribution >= 0.6 is 11.8 Å². The van der Waals surface area contributed by atoms with Crippen LogP contribution in [0.15, 0.2) is 89.8 Å². The average molecular weight is 490 g/mol. The fourth-order valence-electron chi connectivity index (χ4n) is 3.60. The van der Waals surface area contributed by atoms with E-state index in [-0.39, 0.29) is 17.9 Å². The largest absolute Gasteiger partial charge is 0.481 e. The Morgan fingerprint density at radius 2 is 1.54 bits per heavy atom. The van der Waals surface area contributed by atoms with E-state index in [1.165, 1.54) is 40.6 Å². The Hall–Kier alpha value is -3.84. The van der Waals surface area contributed by atoms with E-state index in [9.17, 15) is 14.4 Å². The monoisotopic (exact) mass is 489 g/mol. The van der Waals surface area contributed by atoms with Crippen LogP contribution in [0, 0.1) is 0 Å². The van der Waals surface area contributed by atoms with Crippen LogP contribution in [0.25, 0.3) is 5.57 Å². The lowest BCUT2D eigenvalue weighted by molar-refractivity contribution is -0.136. The van der Waals surface area contributed by atoms with Crippen molar-refractivity contribution in [3.8, 4) is 0 Å². The van der Waals surface area contributed by atoms with Crippen molar-refractivity contribution in [2.45, 2.75) is 30.6 Å². The number of aromatic carboxylic acids is 1. The van der Waals surface area contributed by atoms with Crippen LogP contribution in [0.1, 0.15) is 40.7 Å². The smallest absolute Gasteiger partial charge is 0.335 e. The van der Waals surface area contributed by atoms with Gasteiger partial charge in [0.05, 0.1) is 11.3 Å². The van der Waals surface area contributed by atoms with Crippen molar-refractivity contribution in [1.82, 2.24) is 0 Å². The molecular formula is C28H27NO5S. The zero-order valence-corrected chi connectivity index (χ0v) is 20.0. The molecule has 3 aromatic carbocycles. The Bertz CT molecular complexity index is 1190. The van der Waals surface area contributed by atoms with Gasteiger partial charge in [-0.2, -0.15) is 0 Å². The summed E-state index contributed by atoms with van der Waals surface area (Å²) in [6.45, 7) is 0. The number of anilines is 1. The fraction of sp³-hybridized carbons (Fsp3) is 0.179. The summed E-state index contributed by atoms with van der Waals surface area (Å²) in [5, 5.41) is 20.2. The van der Waals surface area contributed by atoms with Gasteiger partial charge >= 0.3 is 11.9 Å². The van der Waals surface area contributed by atoms with Crippen molar-refractivity contribution in [2.24, 2.45) is 0 Å². The SMILES string of the molecule is O=C(CSc1ccccc1)Nc1ccc(C(=O)O)cc1.O=C(O)CCC1=CCCc2ccccc21. The van der Waals surface area contributed by atoms with Crippen molar-refractivity contribution in [2.75, 3.05) is 11.1 Å². The lowest BCUT2D eigenvalue weighted by atomic mass is 9.89. The normalized spacial score (nSPS) is 11.8. The molecule has 0 fully saturated rings. The van der Waals surface area contributed by atoms with Crippen LogP contribution < -0.4 is 5.32 Å². The number of aryl methyl sites for hydroxylation is 1. The van der Waals surface area contributed by atoms with Gasteiger partial charge in [-0.3, -0.25) is 9.59 Å². The van der Waals surface area contributed by atoms with Crippen LogP contribution in [0.2, 0.25) is 0 Å². The molecule has 1 amide bonds. The number of carboxylic acid groups (broad SMARTS) is 2.